The maximum absolute atomic E-state index is 10.8. The largest absolute Gasteiger partial charge is 0.481 e. The van der Waals surface area contributed by atoms with Crippen molar-refractivity contribution in [3.63, 3.8) is 0 Å². The van der Waals surface area contributed by atoms with Crippen LogP contribution in [0.15, 0.2) is 66.7 Å². The van der Waals surface area contributed by atoms with E-state index < -0.39 is 11.4 Å². The van der Waals surface area contributed by atoms with Gasteiger partial charge < -0.3 is 5.11 Å². The summed E-state index contributed by atoms with van der Waals surface area (Å²) < 4.78 is 0. The van der Waals surface area contributed by atoms with Gasteiger partial charge in [-0.3, -0.25) is 4.79 Å². The standard InChI is InChI=1S/C11H14O2.C6H6/c1-11(2,10(12)13)8-9-6-4-3-5-7-9;1-2-4-6-5-3-1/h3-7H,8H2,1-2H3,(H,12,13);1-6H. The predicted molar refractivity (Wildman–Crippen MR) is 78.0 cm³/mol. The molecule has 19 heavy (non-hydrogen) atoms. The minimum Gasteiger partial charge on any atom is -0.481 e. The number of hydrogen-bond acceptors (Lipinski definition) is 1. The number of hydrogen-bond donors (Lipinski definition) is 1. The van der Waals surface area contributed by atoms with E-state index in [9.17, 15) is 4.79 Å². The highest BCUT2D eigenvalue weighted by molar-refractivity contribution is 5.74. The van der Waals surface area contributed by atoms with Crippen LogP contribution in [0, 0.1) is 5.41 Å². The highest BCUT2D eigenvalue weighted by Crippen LogP contribution is 2.21. The van der Waals surface area contributed by atoms with Crippen molar-refractivity contribution in [1.82, 2.24) is 0 Å². The van der Waals surface area contributed by atoms with E-state index >= 15 is 0 Å². The van der Waals surface area contributed by atoms with Crippen LogP contribution >= 0.6 is 0 Å². The minimum atomic E-state index is -0.753. The first-order chi connectivity index (χ1) is 9.02. The molecular weight excluding hydrogens is 236 g/mol. The zero-order valence-corrected chi connectivity index (χ0v) is 11.4. The van der Waals surface area contributed by atoms with Gasteiger partial charge in [0.15, 0.2) is 0 Å². The second-order valence-electron chi connectivity index (χ2n) is 5.01. The van der Waals surface area contributed by atoms with Gasteiger partial charge in [0.25, 0.3) is 0 Å². The number of carbonyl (C=O) groups is 1. The van der Waals surface area contributed by atoms with Crippen molar-refractivity contribution in [2.75, 3.05) is 0 Å². The van der Waals surface area contributed by atoms with E-state index in [2.05, 4.69) is 0 Å². The number of aliphatic carboxylic acids is 1. The highest BCUT2D eigenvalue weighted by Gasteiger charge is 2.26. The molecule has 0 aliphatic heterocycles. The van der Waals surface area contributed by atoms with Crippen molar-refractivity contribution in [3.05, 3.63) is 72.3 Å². The Balaban J connectivity index is 0.000000250. The Hall–Kier alpha value is -2.09. The van der Waals surface area contributed by atoms with E-state index in [0.29, 0.717) is 6.42 Å². The lowest BCUT2D eigenvalue weighted by molar-refractivity contribution is -0.146. The summed E-state index contributed by atoms with van der Waals surface area (Å²) in [6.07, 6.45) is 0.573. The molecule has 0 amide bonds. The van der Waals surface area contributed by atoms with Crippen LogP contribution in [-0.2, 0) is 11.2 Å². The van der Waals surface area contributed by atoms with E-state index in [1.54, 1.807) is 13.8 Å². The first-order valence-electron chi connectivity index (χ1n) is 6.30. The Morgan fingerprint density at radius 3 is 1.63 bits per heavy atom. The maximum Gasteiger partial charge on any atom is 0.309 e. The van der Waals surface area contributed by atoms with Crippen molar-refractivity contribution in [2.45, 2.75) is 20.3 Å². The maximum atomic E-state index is 10.8. The summed E-state index contributed by atoms with van der Waals surface area (Å²) in [5.74, 6) is -0.753. The van der Waals surface area contributed by atoms with Gasteiger partial charge in [0.1, 0.15) is 0 Å². The third-order valence-electron chi connectivity index (χ3n) is 2.73. The summed E-state index contributed by atoms with van der Waals surface area (Å²) in [4.78, 5) is 10.8. The second-order valence-corrected chi connectivity index (χ2v) is 5.01. The van der Waals surface area contributed by atoms with Crippen LogP contribution < -0.4 is 0 Å². The fourth-order valence-electron chi connectivity index (χ4n) is 1.57. The van der Waals surface area contributed by atoms with Crippen molar-refractivity contribution >= 4 is 5.97 Å². The molecule has 0 radical (unpaired) electrons. The summed E-state index contributed by atoms with van der Waals surface area (Å²) >= 11 is 0. The average molecular weight is 256 g/mol. The minimum absolute atomic E-state index is 0.573. The molecule has 0 saturated carbocycles. The fourth-order valence-corrected chi connectivity index (χ4v) is 1.57. The molecule has 0 spiro atoms. The van der Waals surface area contributed by atoms with E-state index in [0.717, 1.165) is 5.56 Å². The third kappa shape index (κ3) is 5.87. The Bertz CT molecular complexity index is 448. The van der Waals surface area contributed by atoms with Crippen LogP contribution in [0.4, 0.5) is 0 Å². The predicted octanol–water partition coefficient (Wildman–Crippen LogP) is 4.03. The topological polar surface area (TPSA) is 37.3 Å². The molecule has 0 bridgehead atoms. The molecule has 1 N–H and O–H groups in total. The fraction of sp³-hybridized carbons (Fsp3) is 0.235. The molecule has 0 heterocycles. The number of rotatable bonds is 3. The van der Waals surface area contributed by atoms with Gasteiger partial charge in [-0.2, -0.15) is 0 Å². The smallest absolute Gasteiger partial charge is 0.309 e. The van der Waals surface area contributed by atoms with Crippen LogP contribution in [0.1, 0.15) is 19.4 Å². The van der Waals surface area contributed by atoms with Crippen molar-refractivity contribution in [3.8, 4) is 0 Å². The molecule has 0 fully saturated rings. The molecule has 100 valence electrons. The Labute approximate surface area is 114 Å². The average Bonchev–Trinajstić information content (AvgIpc) is 2.42. The van der Waals surface area contributed by atoms with Crippen LogP contribution in [-0.4, -0.2) is 11.1 Å². The second kappa shape index (κ2) is 7.37. The number of benzene rings is 2. The molecule has 0 saturated heterocycles. The van der Waals surface area contributed by atoms with E-state index in [1.807, 2.05) is 66.7 Å². The van der Waals surface area contributed by atoms with Crippen LogP contribution in [0.2, 0.25) is 0 Å². The molecule has 2 aromatic carbocycles. The molecular formula is C17H20O2. The summed E-state index contributed by atoms with van der Waals surface area (Å²) in [7, 11) is 0. The van der Waals surface area contributed by atoms with E-state index in [1.165, 1.54) is 0 Å². The van der Waals surface area contributed by atoms with Crippen LogP contribution in [0.25, 0.3) is 0 Å². The molecule has 2 heteroatoms. The van der Waals surface area contributed by atoms with Crippen molar-refractivity contribution in [1.29, 1.82) is 0 Å². The van der Waals surface area contributed by atoms with Gasteiger partial charge in [-0.05, 0) is 25.8 Å². The van der Waals surface area contributed by atoms with E-state index in [-0.39, 0.29) is 0 Å². The van der Waals surface area contributed by atoms with Gasteiger partial charge in [-0.15, -0.1) is 0 Å². The van der Waals surface area contributed by atoms with Crippen molar-refractivity contribution in [2.24, 2.45) is 5.41 Å². The lowest BCUT2D eigenvalue weighted by Gasteiger charge is -2.18. The van der Waals surface area contributed by atoms with Gasteiger partial charge in [-0.25, -0.2) is 0 Å². The Morgan fingerprint density at radius 2 is 1.26 bits per heavy atom. The number of carboxylic acid groups (broad SMARTS) is 1. The summed E-state index contributed by atoms with van der Waals surface area (Å²) in [6.45, 7) is 3.48. The molecule has 0 aliphatic carbocycles. The molecule has 2 rings (SSSR count). The Morgan fingerprint density at radius 1 is 0.895 bits per heavy atom. The lowest BCUT2D eigenvalue weighted by Crippen LogP contribution is -2.26. The van der Waals surface area contributed by atoms with Crippen molar-refractivity contribution < 1.29 is 9.90 Å². The first kappa shape index (κ1) is 15.0. The monoisotopic (exact) mass is 256 g/mol. The van der Waals surface area contributed by atoms with Gasteiger partial charge in [0.2, 0.25) is 0 Å². The molecule has 0 atom stereocenters. The van der Waals surface area contributed by atoms with Gasteiger partial charge >= 0.3 is 5.97 Å². The number of carboxylic acids is 1. The van der Waals surface area contributed by atoms with Gasteiger partial charge in [-0.1, -0.05) is 66.7 Å². The molecule has 0 unspecified atom stereocenters. The highest BCUT2D eigenvalue weighted by atomic mass is 16.4. The summed E-state index contributed by atoms with van der Waals surface area (Å²) in [5, 5.41) is 8.90. The zero-order valence-electron chi connectivity index (χ0n) is 11.4. The molecule has 2 aromatic rings. The molecule has 2 nitrogen and oxygen atoms in total. The lowest BCUT2D eigenvalue weighted by atomic mass is 9.86. The van der Waals surface area contributed by atoms with Gasteiger partial charge in [0.05, 0.1) is 5.41 Å². The zero-order chi connectivity index (χ0) is 14.1. The normalized spacial score (nSPS) is 10.2. The summed E-state index contributed by atoms with van der Waals surface area (Å²) in [5.41, 5.74) is 0.386. The van der Waals surface area contributed by atoms with Crippen LogP contribution in [0.5, 0.6) is 0 Å². The first-order valence-corrected chi connectivity index (χ1v) is 6.30. The molecule has 0 aliphatic rings. The molecule has 0 aromatic heterocycles. The third-order valence-corrected chi connectivity index (χ3v) is 2.73. The Kier molecular flexibility index (Phi) is 5.80. The van der Waals surface area contributed by atoms with E-state index in [4.69, 9.17) is 5.11 Å². The van der Waals surface area contributed by atoms with Gasteiger partial charge in [0, 0.05) is 0 Å². The summed E-state index contributed by atoms with van der Waals surface area (Å²) in [6, 6.07) is 21.7. The van der Waals surface area contributed by atoms with Crippen LogP contribution in [0.3, 0.4) is 0 Å². The quantitative estimate of drug-likeness (QED) is 0.900. The SMILES string of the molecule is CC(C)(Cc1ccccc1)C(=O)O.c1ccccc1.